The summed E-state index contributed by atoms with van der Waals surface area (Å²) in [5.41, 5.74) is 6.12. The molecule has 88 valence electrons. The summed E-state index contributed by atoms with van der Waals surface area (Å²) >= 11 is 1.57. The van der Waals surface area contributed by atoms with Gasteiger partial charge in [0.1, 0.15) is 5.01 Å². The maximum Gasteiger partial charge on any atom is 0.407 e. The second kappa shape index (κ2) is 4.80. The van der Waals surface area contributed by atoms with Gasteiger partial charge in [-0.2, -0.15) is 0 Å². The Morgan fingerprint density at radius 2 is 2.31 bits per heavy atom. The third-order valence-electron chi connectivity index (χ3n) is 3.05. The number of nitrogens with zero attached hydrogens (tertiary/aromatic N) is 2. The zero-order chi connectivity index (χ0) is 11.5. The molecule has 0 aliphatic carbocycles. The van der Waals surface area contributed by atoms with Gasteiger partial charge in [-0.05, 0) is 18.8 Å². The lowest BCUT2D eigenvalue weighted by Gasteiger charge is -2.32. The van der Waals surface area contributed by atoms with Crippen molar-refractivity contribution in [3.63, 3.8) is 0 Å². The van der Waals surface area contributed by atoms with Crippen LogP contribution in [-0.2, 0) is 0 Å². The van der Waals surface area contributed by atoms with Crippen LogP contribution in [0.3, 0.4) is 0 Å². The molecule has 2 heterocycles. The standard InChI is InChI=1S/C10H15N3O2S/c11-8(9-12-3-6-16-9)7-1-4-13(5-2-7)10(14)15/h3,6-8H,1-2,4-5,11H2,(H,14,15). The molecule has 1 aromatic heterocycles. The van der Waals surface area contributed by atoms with Gasteiger partial charge in [0.05, 0.1) is 6.04 Å². The molecule has 1 aliphatic heterocycles. The lowest BCUT2D eigenvalue weighted by molar-refractivity contribution is 0.120. The van der Waals surface area contributed by atoms with Crippen LogP contribution in [0, 0.1) is 5.92 Å². The van der Waals surface area contributed by atoms with E-state index < -0.39 is 6.09 Å². The molecule has 1 atom stereocenters. The van der Waals surface area contributed by atoms with Crippen LogP contribution in [0.25, 0.3) is 0 Å². The van der Waals surface area contributed by atoms with E-state index in [0.29, 0.717) is 19.0 Å². The van der Waals surface area contributed by atoms with Crippen LogP contribution in [-0.4, -0.2) is 34.2 Å². The van der Waals surface area contributed by atoms with Gasteiger partial charge in [-0.3, -0.25) is 0 Å². The highest BCUT2D eigenvalue weighted by Crippen LogP contribution is 2.29. The summed E-state index contributed by atoms with van der Waals surface area (Å²) in [6.45, 7) is 1.16. The Kier molecular flexibility index (Phi) is 3.40. The highest BCUT2D eigenvalue weighted by molar-refractivity contribution is 7.09. The first-order valence-electron chi connectivity index (χ1n) is 5.31. The first kappa shape index (κ1) is 11.3. The number of carbonyl (C=O) groups is 1. The molecule has 3 N–H and O–H groups in total. The third kappa shape index (κ3) is 2.33. The molecule has 1 fully saturated rings. The minimum absolute atomic E-state index is 0.0454. The molecule has 0 spiro atoms. The number of hydrogen-bond acceptors (Lipinski definition) is 4. The van der Waals surface area contributed by atoms with Crippen molar-refractivity contribution in [3.05, 3.63) is 16.6 Å². The summed E-state index contributed by atoms with van der Waals surface area (Å²) in [5.74, 6) is 0.349. The van der Waals surface area contributed by atoms with Crippen LogP contribution in [0.5, 0.6) is 0 Å². The van der Waals surface area contributed by atoms with E-state index in [4.69, 9.17) is 10.8 Å². The van der Waals surface area contributed by atoms with E-state index in [1.54, 1.807) is 17.5 Å². The van der Waals surface area contributed by atoms with Gasteiger partial charge in [-0.25, -0.2) is 9.78 Å². The molecule has 1 unspecified atom stereocenters. The number of hydrogen-bond donors (Lipinski definition) is 2. The van der Waals surface area contributed by atoms with Gasteiger partial charge in [0.15, 0.2) is 0 Å². The highest BCUT2D eigenvalue weighted by atomic mass is 32.1. The van der Waals surface area contributed by atoms with Crippen LogP contribution in [0.1, 0.15) is 23.9 Å². The first-order valence-corrected chi connectivity index (χ1v) is 6.19. The van der Waals surface area contributed by atoms with Crippen molar-refractivity contribution in [1.29, 1.82) is 0 Å². The Labute approximate surface area is 97.9 Å². The summed E-state index contributed by atoms with van der Waals surface area (Å²) in [6, 6.07) is -0.0454. The average Bonchev–Trinajstić information content (AvgIpc) is 2.81. The molecule has 1 aliphatic rings. The number of amides is 1. The Morgan fingerprint density at radius 1 is 1.62 bits per heavy atom. The number of piperidine rings is 1. The van der Waals surface area contributed by atoms with Crippen molar-refractivity contribution in [2.24, 2.45) is 11.7 Å². The summed E-state index contributed by atoms with van der Waals surface area (Å²) in [7, 11) is 0. The number of aromatic nitrogens is 1. The fraction of sp³-hybridized carbons (Fsp3) is 0.600. The first-order chi connectivity index (χ1) is 7.68. The van der Waals surface area contributed by atoms with Gasteiger partial charge in [0, 0.05) is 24.7 Å². The molecule has 16 heavy (non-hydrogen) atoms. The fourth-order valence-electron chi connectivity index (χ4n) is 2.05. The number of carboxylic acid groups (broad SMARTS) is 1. The number of likely N-dealkylation sites (tertiary alicyclic amines) is 1. The quantitative estimate of drug-likeness (QED) is 0.823. The smallest absolute Gasteiger partial charge is 0.407 e. The van der Waals surface area contributed by atoms with Gasteiger partial charge in [0.25, 0.3) is 0 Å². The Hall–Kier alpha value is -1.14. The third-order valence-corrected chi connectivity index (χ3v) is 3.93. The molecule has 1 aromatic rings. The maximum absolute atomic E-state index is 10.7. The molecule has 1 saturated heterocycles. The van der Waals surface area contributed by atoms with Gasteiger partial charge < -0.3 is 15.7 Å². The molecule has 6 heteroatoms. The molecular formula is C10H15N3O2S. The summed E-state index contributed by atoms with van der Waals surface area (Å²) in [6.07, 6.45) is 2.58. The minimum atomic E-state index is -0.832. The lowest BCUT2D eigenvalue weighted by Crippen LogP contribution is -2.40. The van der Waals surface area contributed by atoms with Crippen LogP contribution in [0.2, 0.25) is 0 Å². The highest BCUT2D eigenvalue weighted by Gasteiger charge is 2.28. The van der Waals surface area contributed by atoms with E-state index in [2.05, 4.69) is 4.98 Å². The topological polar surface area (TPSA) is 79.5 Å². The van der Waals surface area contributed by atoms with Crippen molar-refractivity contribution in [3.8, 4) is 0 Å². The Bertz CT molecular complexity index is 347. The van der Waals surface area contributed by atoms with Crippen LogP contribution < -0.4 is 5.73 Å². The van der Waals surface area contributed by atoms with Crippen molar-refractivity contribution >= 4 is 17.4 Å². The largest absolute Gasteiger partial charge is 0.465 e. The molecular weight excluding hydrogens is 226 g/mol. The molecule has 5 nitrogen and oxygen atoms in total. The van der Waals surface area contributed by atoms with Crippen LogP contribution >= 0.6 is 11.3 Å². The molecule has 1 amide bonds. The second-order valence-electron chi connectivity index (χ2n) is 4.00. The lowest BCUT2D eigenvalue weighted by atomic mass is 9.90. The van der Waals surface area contributed by atoms with E-state index in [9.17, 15) is 4.79 Å². The van der Waals surface area contributed by atoms with Crippen LogP contribution in [0.4, 0.5) is 4.79 Å². The molecule has 0 radical (unpaired) electrons. The summed E-state index contributed by atoms with van der Waals surface area (Å²) in [5, 5.41) is 11.7. The number of nitrogens with two attached hydrogens (primary N) is 1. The zero-order valence-corrected chi connectivity index (χ0v) is 9.69. The van der Waals surface area contributed by atoms with Gasteiger partial charge >= 0.3 is 6.09 Å². The van der Waals surface area contributed by atoms with E-state index in [0.717, 1.165) is 17.8 Å². The maximum atomic E-state index is 10.7. The Morgan fingerprint density at radius 3 is 2.81 bits per heavy atom. The predicted molar refractivity (Wildman–Crippen MR) is 61.4 cm³/mol. The van der Waals surface area contributed by atoms with E-state index in [1.807, 2.05) is 5.38 Å². The Balaban J connectivity index is 1.92. The predicted octanol–water partition coefficient (Wildman–Crippen LogP) is 1.53. The zero-order valence-electron chi connectivity index (χ0n) is 8.87. The molecule has 0 aromatic carbocycles. The van der Waals surface area contributed by atoms with E-state index in [1.165, 1.54) is 4.90 Å². The fourth-order valence-corrected chi connectivity index (χ4v) is 2.78. The van der Waals surface area contributed by atoms with Crippen molar-refractivity contribution in [2.75, 3.05) is 13.1 Å². The SMILES string of the molecule is NC(c1nccs1)C1CCN(C(=O)O)CC1. The van der Waals surface area contributed by atoms with E-state index >= 15 is 0 Å². The minimum Gasteiger partial charge on any atom is -0.465 e. The van der Waals surface area contributed by atoms with Crippen LogP contribution in [0.15, 0.2) is 11.6 Å². The molecule has 2 rings (SSSR count). The van der Waals surface area contributed by atoms with Crippen molar-refractivity contribution in [1.82, 2.24) is 9.88 Å². The average molecular weight is 241 g/mol. The van der Waals surface area contributed by atoms with E-state index in [-0.39, 0.29) is 6.04 Å². The van der Waals surface area contributed by atoms with Gasteiger partial charge in [0.2, 0.25) is 0 Å². The summed E-state index contributed by atoms with van der Waals surface area (Å²) in [4.78, 5) is 16.4. The number of rotatable bonds is 2. The van der Waals surface area contributed by atoms with Crippen molar-refractivity contribution in [2.45, 2.75) is 18.9 Å². The number of thiazole rings is 1. The second-order valence-corrected chi connectivity index (χ2v) is 4.93. The molecule has 0 bridgehead atoms. The molecule has 0 saturated carbocycles. The summed E-state index contributed by atoms with van der Waals surface area (Å²) < 4.78 is 0. The normalized spacial score (nSPS) is 19.7. The monoisotopic (exact) mass is 241 g/mol. The van der Waals surface area contributed by atoms with Crippen molar-refractivity contribution < 1.29 is 9.90 Å². The van der Waals surface area contributed by atoms with Gasteiger partial charge in [-0.15, -0.1) is 11.3 Å². The van der Waals surface area contributed by atoms with Gasteiger partial charge in [-0.1, -0.05) is 0 Å².